The van der Waals surface area contributed by atoms with Crippen molar-refractivity contribution in [1.29, 1.82) is 0 Å². The molecule has 4 aromatic rings. The van der Waals surface area contributed by atoms with Crippen molar-refractivity contribution in [3.05, 3.63) is 118 Å². The van der Waals surface area contributed by atoms with Crippen LogP contribution in [0.2, 0.25) is 0 Å². The third-order valence-corrected chi connectivity index (χ3v) is 10.2. The fourth-order valence-corrected chi connectivity index (χ4v) is 6.99. The van der Waals surface area contributed by atoms with Crippen LogP contribution in [0.3, 0.4) is 0 Å². The zero-order valence-electron chi connectivity index (χ0n) is 26.5. The van der Waals surface area contributed by atoms with E-state index in [-0.39, 0.29) is 41.8 Å². The Labute approximate surface area is 288 Å². The van der Waals surface area contributed by atoms with Gasteiger partial charge in [0, 0.05) is 30.0 Å². The van der Waals surface area contributed by atoms with Crippen molar-refractivity contribution in [1.82, 2.24) is 10.2 Å². The third kappa shape index (κ3) is 8.73. The van der Waals surface area contributed by atoms with E-state index in [1.807, 2.05) is 61.5 Å². The van der Waals surface area contributed by atoms with E-state index in [0.717, 1.165) is 44.9 Å². The lowest BCUT2D eigenvalue weighted by atomic mass is 10.0. The van der Waals surface area contributed by atoms with Crippen molar-refractivity contribution in [2.75, 3.05) is 30.6 Å². The van der Waals surface area contributed by atoms with Gasteiger partial charge >= 0.3 is 0 Å². The largest absolute Gasteiger partial charge is 0.486 e. The summed E-state index contributed by atoms with van der Waals surface area (Å²) in [7, 11) is -4.41. The second kappa shape index (κ2) is 16.1. The molecule has 1 N–H and O–H groups in total. The summed E-state index contributed by atoms with van der Waals surface area (Å²) in [5.74, 6) is -0.861. The number of anilines is 1. The Balaban J connectivity index is 1.56. The molecule has 0 bridgehead atoms. The number of hydrogen-bond acceptors (Lipinski definition) is 6. The van der Waals surface area contributed by atoms with Gasteiger partial charge in [0.05, 0.1) is 10.6 Å². The van der Waals surface area contributed by atoms with Gasteiger partial charge in [0.1, 0.15) is 31.6 Å². The summed E-state index contributed by atoms with van der Waals surface area (Å²) in [5.41, 5.74) is 1.66. The molecule has 48 heavy (non-hydrogen) atoms. The minimum absolute atomic E-state index is 0.0339. The van der Waals surface area contributed by atoms with Crippen molar-refractivity contribution in [3.8, 4) is 11.5 Å². The van der Waals surface area contributed by atoms with Gasteiger partial charge in [-0.2, -0.15) is 0 Å². The quantitative estimate of drug-likeness (QED) is 0.157. The van der Waals surface area contributed by atoms with Crippen LogP contribution in [0.15, 0.2) is 106 Å². The molecule has 0 spiro atoms. The van der Waals surface area contributed by atoms with Gasteiger partial charge in [0.2, 0.25) is 11.8 Å². The molecule has 0 aromatic heterocycles. The van der Waals surface area contributed by atoms with E-state index in [2.05, 4.69) is 21.2 Å². The molecule has 9 nitrogen and oxygen atoms in total. The number of nitrogens with zero attached hydrogens (tertiary/aromatic N) is 2. The Morgan fingerprint density at radius 1 is 0.896 bits per heavy atom. The standard InChI is InChI=1S/C36H37BrFN3O6S/c1-2-3-19-39-36(43)32(22-26-7-5-4-6-8-26)40(24-27-9-11-28(37)12-10-27)35(42)25-41(30-15-13-29(38)14-16-30)48(44,45)31-17-18-33-34(23-31)47-21-20-46-33/h4-18,23,32H,2-3,19-22,24-25H2,1H3,(H,39,43). The molecular weight excluding hydrogens is 701 g/mol. The molecule has 1 atom stereocenters. The highest BCUT2D eigenvalue weighted by Gasteiger charge is 2.35. The summed E-state index contributed by atoms with van der Waals surface area (Å²) in [6.45, 7) is 2.41. The molecule has 0 saturated carbocycles. The minimum Gasteiger partial charge on any atom is -0.486 e. The number of halogens is 2. The molecule has 1 aliphatic heterocycles. The summed E-state index contributed by atoms with van der Waals surface area (Å²) < 4.78 is 55.6. The van der Waals surface area contributed by atoms with Gasteiger partial charge in [0.25, 0.3) is 10.0 Å². The topological polar surface area (TPSA) is 105 Å². The smallest absolute Gasteiger partial charge is 0.264 e. The molecule has 0 saturated heterocycles. The number of carbonyl (C=O) groups excluding carboxylic acids is 2. The highest BCUT2D eigenvalue weighted by molar-refractivity contribution is 9.10. The van der Waals surface area contributed by atoms with E-state index < -0.39 is 34.3 Å². The maximum absolute atomic E-state index is 14.6. The zero-order valence-corrected chi connectivity index (χ0v) is 28.9. The molecule has 1 aliphatic rings. The van der Waals surface area contributed by atoms with Crippen LogP contribution in [-0.2, 0) is 32.6 Å². The maximum Gasteiger partial charge on any atom is 0.264 e. The predicted molar refractivity (Wildman–Crippen MR) is 185 cm³/mol. The summed E-state index contributed by atoms with van der Waals surface area (Å²) in [6.07, 6.45) is 1.83. The number of amides is 2. The second-order valence-corrected chi connectivity index (χ2v) is 14.1. The van der Waals surface area contributed by atoms with Crippen molar-refractivity contribution in [2.45, 2.75) is 43.7 Å². The first-order valence-electron chi connectivity index (χ1n) is 15.7. The summed E-state index contributed by atoms with van der Waals surface area (Å²) >= 11 is 3.44. The number of benzene rings is 4. The Morgan fingerprint density at radius 2 is 1.58 bits per heavy atom. The van der Waals surface area contributed by atoms with Gasteiger partial charge in [-0.15, -0.1) is 0 Å². The molecular formula is C36H37BrFN3O6S. The lowest BCUT2D eigenvalue weighted by molar-refractivity contribution is -0.140. The normalized spacial score (nSPS) is 13.0. The number of sulfonamides is 1. The number of fused-ring (bicyclic) bond motifs is 1. The Bertz CT molecular complexity index is 1810. The summed E-state index contributed by atoms with van der Waals surface area (Å²) in [4.78, 5) is 29.7. The Morgan fingerprint density at radius 3 is 2.27 bits per heavy atom. The monoisotopic (exact) mass is 737 g/mol. The summed E-state index contributed by atoms with van der Waals surface area (Å²) in [5, 5.41) is 2.97. The van der Waals surface area contributed by atoms with Gasteiger partial charge in [-0.05, 0) is 66.1 Å². The molecule has 4 aromatic carbocycles. The van der Waals surface area contributed by atoms with Crippen LogP contribution in [0.1, 0.15) is 30.9 Å². The average molecular weight is 739 g/mol. The fourth-order valence-electron chi connectivity index (χ4n) is 5.29. The van der Waals surface area contributed by atoms with Crippen molar-refractivity contribution >= 4 is 43.5 Å². The van der Waals surface area contributed by atoms with Crippen LogP contribution in [0, 0.1) is 5.82 Å². The van der Waals surface area contributed by atoms with Crippen molar-refractivity contribution < 1.29 is 31.9 Å². The fraction of sp³-hybridized carbons (Fsp3) is 0.278. The first-order valence-corrected chi connectivity index (χ1v) is 17.9. The molecule has 2 amide bonds. The number of hydrogen-bond donors (Lipinski definition) is 1. The minimum atomic E-state index is -4.41. The average Bonchev–Trinajstić information content (AvgIpc) is 3.10. The van der Waals surface area contributed by atoms with E-state index in [1.165, 1.54) is 35.2 Å². The molecule has 1 heterocycles. The molecule has 252 valence electrons. The first kappa shape index (κ1) is 34.9. The lowest BCUT2D eigenvalue weighted by Crippen LogP contribution is -2.53. The van der Waals surface area contributed by atoms with E-state index in [1.54, 1.807) is 0 Å². The first-order chi connectivity index (χ1) is 23.2. The SMILES string of the molecule is CCCCNC(=O)C(Cc1ccccc1)N(Cc1ccc(Br)cc1)C(=O)CN(c1ccc(F)cc1)S(=O)(=O)c1ccc2c(c1)OCCO2. The predicted octanol–water partition coefficient (Wildman–Crippen LogP) is 6.11. The second-order valence-electron chi connectivity index (χ2n) is 11.3. The number of unbranched alkanes of at least 4 members (excludes halogenated alkanes) is 1. The van der Waals surface area contributed by atoms with Crippen LogP contribution < -0.4 is 19.1 Å². The number of rotatable bonds is 14. The molecule has 0 aliphatic carbocycles. The summed E-state index contributed by atoms with van der Waals surface area (Å²) in [6, 6.07) is 24.8. The van der Waals surface area contributed by atoms with Crippen molar-refractivity contribution in [2.24, 2.45) is 0 Å². The van der Waals surface area contributed by atoms with Gasteiger partial charge < -0.3 is 19.7 Å². The van der Waals surface area contributed by atoms with Gasteiger partial charge in [-0.25, -0.2) is 12.8 Å². The van der Waals surface area contributed by atoms with Crippen LogP contribution in [-0.4, -0.2) is 57.5 Å². The van der Waals surface area contributed by atoms with Gasteiger partial charge in [-0.1, -0.05) is 71.7 Å². The van der Waals surface area contributed by atoms with E-state index >= 15 is 0 Å². The van der Waals surface area contributed by atoms with E-state index in [0.29, 0.717) is 18.9 Å². The molecule has 12 heteroatoms. The number of nitrogens with one attached hydrogen (secondary N) is 1. The molecule has 0 fully saturated rings. The molecule has 1 unspecified atom stereocenters. The number of carbonyl (C=O) groups is 2. The third-order valence-electron chi connectivity index (χ3n) is 7.86. The van der Waals surface area contributed by atoms with E-state index in [4.69, 9.17) is 9.47 Å². The van der Waals surface area contributed by atoms with Crippen LogP contribution in [0.4, 0.5) is 10.1 Å². The molecule has 5 rings (SSSR count). The molecule has 0 radical (unpaired) electrons. The van der Waals surface area contributed by atoms with Crippen LogP contribution in [0.25, 0.3) is 0 Å². The highest BCUT2D eigenvalue weighted by atomic mass is 79.9. The lowest BCUT2D eigenvalue weighted by Gasteiger charge is -2.34. The zero-order chi connectivity index (χ0) is 34.1. The Kier molecular flexibility index (Phi) is 11.7. The van der Waals surface area contributed by atoms with Crippen LogP contribution >= 0.6 is 15.9 Å². The number of ether oxygens (including phenoxy) is 2. The van der Waals surface area contributed by atoms with Crippen molar-refractivity contribution in [3.63, 3.8) is 0 Å². The highest BCUT2D eigenvalue weighted by Crippen LogP contribution is 2.34. The van der Waals surface area contributed by atoms with Gasteiger partial charge in [-0.3, -0.25) is 13.9 Å². The Hall–Kier alpha value is -4.42. The van der Waals surface area contributed by atoms with Gasteiger partial charge in [0.15, 0.2) is 11.5 Å². The van der Waals surface area contributed by atoms with Crippen LogP contribution in [0.5, 0.6) is 11.5 Å². The van der Waals surface area contributed by atoms with E-state index in [9.17, 15) is 22.4 Å². The maximum atomic E-state index is 14.6.